The second kappa shape index (κ2) is 6.10. The molecule has 7 nitrogen and oxygen atoms in total. The minimum absolute atomic E-state index is 0.114. The topological polar surface area (TPSA) is 101 Å². The van der Waals surface area contributed by atoms with E-state index in [0.717, 1.165) is 18.2 Å². The second-order valence-corrected chi connectivity index (χ2v) is 6.54. The van der Waals surface area contributed by atoms with Crippen molar-refractivity contribution < 1.29 is 27.9 Å². The summed E-state index contributed by atoms with van der Waals surface area (Å²) >= 11 is 0. The Kier molecular flexibility index (Phi) is 4.96. The third-order valence-electron chi connectivity index (χ3n) is 2.31. The van der Waals surface area contributed by atoms with Gasteiger partial charge >= 0.3 is 5.97 Å². The number of aromatic carboxylic acids is 1. The summed E-state index contributed by atoms with van der Waals surface area (Å²) in [5.74, 6) is -1.87. The van der Waals surface area contributed by atoms with E-state index < -0.39 is 20.6 Å². The van der Waals surface area contributed by atoms with Crippen molar-refractivity contribution in [3.05, 3.63) is 23.8 Å². The molecule has 0 heterocycles. The number of carbonyl (C=O) groups is 2. The summed E-state index contributed by atoms with van der Waals surface area (Å²) in [7, 11) is 4.13. The van der Waals surface area contributed by atoms with Crippen LogP contribution >= 0.6 is 10.7 Å². The lowest BCUT2D eigenvalue weighted by atomic mass is 10.2. The standard InChI is InChI=1S/C11H12ClNO6S/c1-13(2)10(14)6-19-9-4-3-7(20(12,17)18)5-8(9)11(15)16/h3-5H,6H2,1-2H3,(H,15,16). The largest absolute Gasteiger partial charge is 0.483 e. The first-order valence-electron chi connectivity index (χ1n) is 5.28. The minimum atomic E-state index is -4.04. The van der Waals surface area contributed by atoms with Crippen LogP contribution in [0.5, 0.6) is 5.75 Å². The Hall–Kier alpha value is -1.80. The molecule has 0 aliphatic heterocycles. The Morgan fingerprint density at radius 2 is 1.95 bits per heavy atom. The number of rotatable bonds is 5. The van der Waals surface area contributed by atoms with Gasteiger partial charge in [-0.15, -0.1) is 0 Å². The van der Waals surface area contributed by atoms with E-state index in [1.54, 1.807) is 0 Å². The Morgan fingerprint density at radius 3 is 2.40 bits per heavy atom. The number of carboxylic acids is 1. The molecule has 20 heavy (non-hydrogen) atoms. The summed E-state index contributed by atoms with van der Waals surface area (Å²) in [6.07, 6.45) is 0. The predicted octanol–water partition coefficient (Wildman–Crippen LogP) is 0.779. The summed E-state index contributed by atoms with van der Waals surface area (Å²) in [6, 6.07) is 3.12. The molecule has 0 saturated carbocycles. The predicted molar refractivity (Wildman–Crippen MR) is 70.6 cm³/mol. The molecule has 1 rings (SSSR count). The van der Waals surface area contributed by atoms with Gasteiger partial charge in [-0.1, -0.05) is 0 Å². The van der Waals surface area contributed by atoms with Crippen LogP contribution in [0.2, 0.25) is 0 Å². The first kappa shape index (κ1) is 16.3. The van der Waals surface area contributed by atoms with Gasteiger partial charge in [0.15, 0.2) is 6.61 Å². The van der Waals surface area contributed by atoms with Gasteiger partial charge in [0.2, 0.25) is 0 Å². The highest BCUT2D eigenvalue weighted by atomic mass is 35.7. The van der Waals surface area contributed by atoms with Crippen molar-refractivity contribution in [2.24, 2.45) is 0 Å². The van der Waals surface area contributed by atoms with E-state index >= 15 is 0 Å². The van der Waals surface area contributed by atoms with Gasteiger partial charge in [-0.25, -0.2) is 13.2 Å². The van der Waals surface area contributed by atoms with Crippen molar-refractivity contribution in [2.75, 3.05) is 20.7 Å². The highest BCUT2D eigenvalue weighted by Crippen LogP contribution is 2.24. The number of benzene rings is 1. The second-order valence-electron chi connectivity index (χ2n) is 3.98. The maximum Gasteiger partial charge on any atom is 0.339 e. The molecular formula is C11H12ClNO6S. The van der Waals surface area contributed by atoms with E-state index in [2.05, 4.69) is 0 Å². The third-order valence-corrected chi connectivity index (χ3v) is 3.66. The average molecular weight is 322 g/mol. The Balaban J connectivity index is 3.09. The number of halogens is 1. The molecule has 1 N–H and O–H groups in total. The molecule has 0 fully saturated rings. The summed E-state index contributed by atoms with van der Waals surface area (Å²) in [5.41, 5.74) is -0.390. The van der Waals surface area contributed by atoms with Crippen LogP contribution in [0.4, 0.5) is 0 Å². The molecule has 0 radical (unpaired) electrons. The third kappa shape index (κ3) is 4.10. The molecule has 0 unspecified atom stereocenters. The summed E-state index contributed by atoms with van der Waals surface area (Å²) in [6.45, 7) is -0.361. The average Bonchev–Trinajstić information content (AvgIpc) is 2.34. The van der Waals surface area contributed by atoms with Crippen LogP contribution in [-0.4, -0.2) is 51.0 Å². The maximum absolute atomic E-state index is 11.4. The summed E-state index contributed by atoms with van der Waals surface area (Å²) in [4.78, 5) is 23.3. The first-order valence-corrected chi connectivity index (χ1v) is 7.59. The van der Waals surface area contributed by atoms with Crippen molar-refractivity contribution in [1.29, 1.82) is 0 Å². The van der Waals surface area contributed by atoms with E-state index in [-0.39, 0.29) is 23.2 Å². The van der Waals surface area contributed by atoms with Crippen LogP contribution < -0.4 is 4.74 Å². The molecule has 1 aromatic carbocycles. The molecule has 110 valence electrons. The number of carbonyl (C=O) groups excluding carboxylic acids is 1. The van der Waals surface area contributed by atoms with Crippen LogP contribution in [0.15, 0.2) is 23.1 Å². The molecule has 0 saturated heterocycles. The minimum Gasteiger partial charge on any atom is -0.483 e. The SMILES string of the molecule is CN(C)C(=O)COc1ccc(S(=O)(=O)Cl)cc1C(=O)O. The molecule has 0 aliphatic rings. The highest BCUT2D eigenvalue weighted by molar-refractivity contribution is 8.13. The molecular weight excluding hydrogens is 310 g/mol. The number of ether oxygens (including phenoxy) is 1. The van der Waals surface area contributed by atoms with Gasteiger partial charge in [0.1, 0.15) is 11.3 Å². The quantitative estimate of drug-likeness (QED) is 0.804. The fourth-order valence-corrected chi connectivity index (χ4v) is 2.00. The Morgan fingerprint density at radius 1 is 1.35 bits per heavy atom. The summed E-state index contributed by atoms with van der Waals surface area (Å²) in [5, 5.41) is 9.02. The van der Waals surface area contributed by atoms with Crippen molar-refractivity contribution in [1.82, 2.24) is 4.90 Å². The van der Waals surface area contributed by atoms with Gasteiger partial charge in [-0.2, -0.15) is 0 Å². The highest BCUT2D eigenvalue weighted by Gasteiger charge is 2.18. The van der Waals surface area contributed by atoms with Gasteiger partial charge in [-0.05, 0) is 18.2 Å². The molecule has 9 heteroatoms. The zero-order valence-electron chi connectivity index (χ0n) is 10.7. The number of hydrogen-bond donors (Lipinski definition) is 1. The van der Waals surface area contributed by atoms with Gasteiger partial charge in [-0.3, -0.25) is 4.79 Å². The van der Waals surface area contributed by atoms with Gasteiger partial charge in [0.25, 0.3) is 15.0 Å². The number of nitrogens with zero attached hydrogens (tertiary/aromatic N) is 1. The van der Waals surface area contributed by atoms with E-state index in [0.29, 0.717) is 0 Å². The monoisotopic (exact) mass is 321 g/mol. The molecule has 0 atom stereocenters. The number of hydrogen-bond acceptors (Lipinski definition) is 5. The fraction of sp³-hybridized carbons (Fsp3) is 0.273. The zero-order valence-corrected chi connectivity index (χ0v) is 12.2. The van der Waals surface area contributed by atoms with Crippen LogP contribution in [0.1, 0.15) is 10.4 Å². The van der Waals surface area contributed by atoms with E-state index in [9.17, 15) is 18.0 Å². The molecule has 0 aliphatic carbocycles. The fourth-order valence-electron chi connectivity index (χ4n) is 1.22. The first-order chi connectivity index (χ1) is 9.12. The molecule has 0 spiro atoms. The zero-order chi connectivity index (χ0) is 15.5. The molecule has 1 aromatic rings. The number of carboxylic acid groups (broad SMARTS) is 1. The van der Waals surface area contributed by atoms with Crippen molar-refractivity contribution in [2.45, 2.75) is 4.90 Å². The van der Waals surface area contributed by atoms with Crippen molar-refractivity contribution in [3.63, 3.8) is 0 Å². The van der Waals surface area contributed by atoms with Crippen LogP contribution in [0.3, 0.4) is 0 Å². The van der Waals surface area contributed by atoms with Crippen molar-refractivity contribution in [3.8, 4) is 5.75 Å². The van der Waals surface area contributed by atoms with E-state index in [1.807, 2.05) is 0 Å². The molecule has 0 aromatic heterocycles. The van der Waals surface area contributed by atoms with Gasteiger partial charge in [0, 0.05) is 24.8 Å². The molecule has 0 bridgehead atoms. The van der Waals surface area contributed by atoms with Crippen LogP contribution in [-0.2, 0) is 13.8 Å². The smallest absolute Gasteiger partial charge is 0.339 e. The summed E-state index contributed by atoms with van der Waals surface area (Å²) < 4.78 is 27.4. The Bertz CT molecular complexity index is 640. The number of amides is 1. The van der Waals surface area contributed by atoms with Crippen LogP contribution in [0, 0.1) is 0 Å². The Labute approximate surface area is 120 Å². The van der Waals surface area contributed by atoms with Gasteiger partial charge in [0.05, 0.1) is 4.90 Å². The normalized spacial score (nSPS) is 10.9. The van der Waals surface area contributed by atoms with Crippen molar-refractivity contribution >= 4 is 31.6 Å². The maximum atomic E-state index is 11.4. The number of likely N-dealkylation sites (N-methyl/N-ethyl adjacent to an activating group) is 1. The van der Waals surface area contributed by atoms with Crippen LogP contribution in [0.25, 0.3) is 0 Å². The lowest BCUT2D eigenvalue weighted by molar-refractivity contribution is -0.130. The van der Waals surface area contributed by atoms with E-state index in [4.69, 9.17) is 20.5 Å². The lowest BCUT2D eigenvalue weighted by Crippen LogP contribution is -2.27. The van der Waals surface area contributed by atoms with Gasteiger partial charge < -0.3 is 14.7 Å². The molecule has 1 amide bonds. The lowest BCUT2D eigenvalue weighted by Gasteiger charge is -2.13. The van der Waals surface area contributed by atoms with E-state index in [1.165, 1.54) is 19.0 Å².